The molecular formula is C25H38N4O5. The summed E-state index contributed by atoms with van der Waals surface area (Å²) in [5.74, 6) is -0.486. The lowest BCUT2D eigenvalue weighted by molar-refractivity contribution is -0.140. The number of carbonyl (C=O) groups is 3. The number of hydrogen-bond donors (Lipinski definition) is 1. The van der Waals surface area contributed by atoms with Crippen LogP contribution in [0.15, 0.2) is 24.3 Å². The first-order valence-electron chi connectivity index (χ1n) is 12.2. The number of likely N-dealkylation sites (tertiary alicyclic amines) is 1. The molecule has 0 spiro atoms. The van der Waals surface area contributed by atoms with Crippen LogP contribution >= 0.6 is 0 Å². The van der Waals surface area contributed by atoms with Gasteiger partial charge in [-0.1, -0.05) is 0 Å². The predicted molar refractivity (Wildman–Crippen MR) is 131 cm³/mol. The number of hydrogen-bond acceptors (Lipinski definition) is 6. The molecule has 1 unspecified atom stereocenters. The summed E-state index contributed by atoms with van der Waals surface area (Å²) < 4.78 is 10.9. The van der Waals surface area contributed by atoms with E-state index in [4.69, 9.17) is 9.47 Å². The molecule has 1 aromatic rings. The molecule has 0 aliphatic carbocycles. The van der Waals surface area contributed by atoms with E-state index in [9.17, 15) is 14.4 Å². The molecule has 9 heteroatoms. The number of nitrogens with zero attached hydrogens (tertiary/aromatic N) is 3. The van der Waals surface area contributed by atoms with Crippen molar-refractivity contribution in [3.63, 3.8) is 0 Å². The maximum atomic E-state index is 13.3. The number of likely N-dealkylation sites (N-methyl/N-ethyl adjacent to an activating group) is 1. The average molecular weight is 475 g/mol. The Morgan fingerprint density at radius 3 is 2.38 bits per heavy atom. The summed E-state index contributed by atoms with van der Waals surface area (Å²) in [6.45, 7) is 11.2. The van der Waals surface area contributed by atoms with Gasteiger partial charge in [-0.3, -0.25) is 14.5 Å². The second-order valence-corrected chi connectivity index (χ2v) is 9.73. The topological polar surface area (TPSA) is 91.4 Å². The number of rotatable bonds is 6. The van der Waals surface area contributed by atoms with E-state index in [1.54, 1.807) is 0 Å². The number of piperidine rings is 1. The van der Waals surface area contributed by atoms with Crippen LogP contribution in [0, 0.1) is 0 Å². The number of carbonyl (C=O) groups excluding carboxylic acids is 3. The Labute approximate surface area is 202 Å². The molecule has 188 valence electrons. The third-order valence-electron chi connectivity index (χ3n) is 5.97. The molecule has 3 rings (SSSR count). The van der Waals surface area contributed by atoms with Gasteiger partial charge in [-0.2, -0.15) is 0 Å². The van der Waals surface area contributed by atoms with Crippen molar-refractivity contribution in [2.24, 2.45) is 0 Å². The van der Waals surface area contributed by atoms with Gasteiger partial charge in [0.15, 0.2) is 0 Å². The highest BCUT2D eigenvalue weighted by molar-refractivity contribution is 5.96. The van der Waals surface area contributed by atoms with E-state index in [0.29, 0.717) is 38.4 Å². The molecule has 9 nitrogen and oxygen atoms in total. The quantitative estimate of drug-likeness (QED) is 0.681. The molecule has 0 bridgehead atoms. The summed E-state index contributed by atoms with van der Waals surface area (Å²) in [6.07, 6.45) is 1.77. The highest BCUT2D eigenvalue weighted by Crippen LogP contribution is 2.23. The van der Waals surface area contributed by atoms with Gasteiger partial charge in [0.05, 0.1) is 19.8 Å². The molecule has 0 aromatic heterocycles. The van der Waals surface area contributed by atoms with Crippen LogP contribution < -0.4 is 10.2 Å². The predicted octanol–water partition coefficient (Wildman–Crippen LogP) is 3.10. The lowest BCUT2D eigenvalue weighted by Gasteiger charge is -2.38. The van der Waals surface area contributed by atoms with Gasteiger partial charge in [0, 0.05) is 37.6 Å². The molecule has 1 N–H and O–H groups in total. The van der Waals surface area contributed by atoms with Gasteiger partial charge in [-0.25, -0.2) is 4.79 Å². The molecule has 2 fully saturated rings. The van der Waals surface area contributed by atoms with Crippen LogP contribution in [0.3, 0.4) is 0 Å². The minimum Gasteiger partial charge on any atom is -0.444 e. The molecule has 2 saturated heterocycles. The summed E-state index contributed by atoms with van der Waals surface area (Å²) in [5, 5.41) is 2.88. The van der Waals surface area contributed by atoms with Crippen LogP contribution in [0.2, 0.25) is 0 Å². The first-order chi connectivity index (χ1) is 16.2. The normalized spacial score (nSPS) is 18.9. The molecule has 2 aliphatic rings. The van der Waals surface area contributed by atoms with E-state index >= 15 is 0 Å². The van der Waals surface area contributed by atoms with Crippen LogP contribution in [0.1, 0.15) is 47.0 Å². The number of anilines is 2. The SMILES string of the molecule is CCN(CC(=O)Nc1ccc(N2CCOCC2)cc1)C(=O)C1CCCCN1C(=O)OC(C)(C)C. The molecule has 0 radical (unpaired) electrons. The molecule has 1 atom stereocenters. The Balaban J connectivity index is 1.58. The van der Waals surface area contributed by atoms with E-state index < -0.39 is 17.7 Å². The first kappa shape index (κ1) is 25.8. The summed E-state index contributed by atoms with van der Waals surface area (Å²) in [4.78, 5) is 44.0. The van der Waals surface area contributed by atoms with E-state index in [0.717, 1.165) is 31.6 Å². The van der Waals surface area contributed by atoms with E-state index in [1.165, 1.54) is 9.80 Å². The largest absolute Gasteiger partial charge is 0.444 e. The fourth-order valence-electron chi connectivity index (χ4n) is 4.23. The number of benzene rings is 1. The van der Waals surface area contributed by atoms with Crippen molar-refractivity contribution in [3.8, 4) is 0 Å². The smallest absolute Gasteiger partial charge is 0.410 e. The minimum atomic E-state index is -0.635. The van der Waals surface area contributed by atoms with Crippen molar-refractivity contribution in [1.29, 1.82) is 0 Å². The maximum absolute atomic E-state index is 13.3. The lowest BCUT2D eigenvalue weighted by atomic mass is 10.0. The number of amides is 3. The van der Waals surface area contributed by atoms with Crippen LogP contribution in [0.4, 0.5) is 16.2 Å². The van der Waals surface area contributed by atoms with Crippen LogP contribution in [0.25, 0.3) is 0 Å². The second kappa shape index (κ2) is 11.6. The Morgan fingerprint density at radius 1 is 1.09 bits per heavy atom. The maximum Gasteiger partial charge on any atom is 0.410 e. The zero-order chi connectivity index (χ0) is 24.7. The number of nitrogens with one attached hydrogen (secondary N) is 1. The van der Waals surface area contributed by atoms with Crippen molar-refractivity contribution in [2.75, 3.05) is 56.2 Å². The Morgan fingerprint density at radius 2 is 1.76 bits per heavy atom. The summed E-state index contributed by atoms with van der Waals surface area (Å²) in [6, 6.07) is 7.08. The molecule has 34 heavy (non-hydrogen) atoms. The fourth-order valence-corrected chi connectivity index (χ4v) is 4.23. The molecule has 3 amide bonds. The van der Waals surface area contributed by atoms with Gasteiger partial charge in [-0.05, 0) is 71.2 Å². The van der Waals surface area contributed by atoms with Crippen molar-refractivity contribution in [3.05, 3.63) is 24.3 Å². The van der Waals surface area contributed by atoms with Crippen molar-refractivity contribution in [2.45, 2.75) is 58.6 Å². The molecule has 0 saturated carbocycles. The zero-order valence-corrected chi connectivity index (χ0v) is 20.8. The van der Waals surface area contributed by atoms with Crippen LogP contribution in [-0.4, -0.2) is 85.3 Å². The molecular weight excluding hydrogens is 436 g/mol. The van der Waals surface area contributed by atoms with Crippen molar-refractivity contribution < 1.29 is 23.9 Å². The van der Waals surface area contributed by atoms with E-state index in [1.807, 2.05) is 52.0 Å². The van der Waals surface area contributed by atoms with Crippen LogP contribution in [-0.2, 0) is 19.1 Å². The fraction of sp³-hybridized carbons (Fsp3) is 0.640. The van der Waals surface area contributed by atoms with Gasteiger partial charge in [-0.15, -0.1) is 0 Å². The summed E-state index contributed by atoms with van der Waals surface area (Å²) in [7, 11) is 0. The lowest BCUT2D eigenvalue weighted by Crippen LogP contribution is -2.55. The van der Waals surface area contributed by atoms with Gasteiger partial charge in [0.1, 0.15) is 11.6 Å². The minimum absolute atomic E-state index is 0.0702. The van der Waals surface area contributed by atoms with Gasteiger partial charge < -0.3 is 24.6 Å². The standard InChI is InChI=1S/C25H38N4O5/c1-5-27(23(31)21-8-6-7-13-29(21)24(32)34-25(2,3)4)18-22(30)26-19-9-11-20(12-10-19)28-14-16-33-17-15-28/h9-12,21H,5-8,13-18H2,1-4H3,(H,26,30). The van der Waals surface area contributed by atoms with E-state index in [-0.39, 0.29) is 18.4 Å². The first-order valence-corrected chi connectivity index (χ1v) is 12.2. The van der Waals surface area contributed by atoms with Crippen molar-refractivity contribution >= 4 is 29.3 Å². The monoisotopic (exact) mass is 474 g/mol. The van der Waals surface area contributed by atoms with Gasteiger partial charge in [0.25, 0.3) is 0 Å². The van der Waals surface area contributed by atoms with Gasteiger partial charge in [0.2, 0.25) is 11.8 Å². The average Bonchev–Trinajstić information content (AvgIpc) is 2.82. The number of morpholine rings is 1. The third kappa shape index (κ3) is 7.09. The van der Waals surface area contributed by atoms with Crippen LogP contribution in [0.5, 0.6) is 0 Å². The zero-order valence-electron chi connectivity index (χ0n) is 20.8. The summed E-state index contributed by atoms with van der Waals surface area (Å²) in [5.41, 5.74) is 1.13. The number of ether oxygens (including phenoxy) is 2. The Kier molecular flexibility index (Phi) is 8.77. The highest BCUT2D eigenvalue weighted by atomic mass is 16.6. The van der Waals surface area contributed by atoms with E-state index in [2.05, 4.69) is 10.2 Å². The van der Waals surface area contributed by atoms with Gasteiger partial charge >= 0.3 is 6.09 Å². The molecule has 2 heterocycles. The Hall–Kier alpha value is -2.81. The highest BCUT2D eigenvalue weighted by Gasteiger charge is 2.37. The summed E-state index contributed by atoms with van der Waals surface area (Å²) >= 11 is 0. The molecule has 2 aliphatic heterocycles. The Bertz CT molecular complexity index is 846. The second-order valence-electron chi connectivity index (χ2n) is 9.73. The van der Waals surface area contributed by atoms with Crippen molar-refractivity contribution in [1.82, 2.24) is 9.80 Å². The molecule has 1 aromatic carbocycles. The third-order valence-corrected chi connectivity index (χ3v) is 5.97.